The van der Waals surface area contributed by atoms with Crippen LogP contribution in [0.25, 0.3) is 0 Å². The SMILES string of the molecule is CC(=O)Nc1ccc(C(=O)NC[C@@H](c2cccc(F)c2)N(C)C)cc1. The zero-order valence-corrected chi connectivity index (χ0v) is 14.5. The summed E-state index contributed by atoms with van der Waals surface area (Å²) in [7, 11) is 3.76. The van der Waals surface area contributed by atoms with Crippen LogP contribution in [0.2, 0.25) is 0 Å². The number of halogens is 1. The first kappa shape index (κ1) is 18.6. The maximum atomic E-state index is 13.4. The van der Waals surface area contributed by atoms with Gasteiger partial charge < -0.3 is 15.5 Å². The van der Waals surface area contributed by atoms with E-state index in [1.165, 1.54) is 19.1 Å². The molecule has 0 bridgehead atoms. The third-order valence-electron chi connectivity index (χ3n) is 3.78. The summed E-state index contributed by atoms with van der Waals surface area (Å²) in [6, 6.07) is 12.9. The monoisotopic (exact) mass is 343 g/mol. The molecule has 0 aromatic heterocycles. The first-order valence-corrected chi connectivity index (χ1v) is 7.94. The fraction of sp³-hybridized carbons (Fsp3) is 0.263. The van der Waals surface area contributed by atoms with Crippen molar-refractivity contribution >= 4 is 17.5 Å². The van der Waals surface area contributed by atoms with Crippen LogP contribution >= 0.6 is 0 Å². The molecule has 2 rings (SSSR count). The molecule has 0 saturated heterocycles. The number of carbonyl (C=O) groups excluding carboxylic acids is 2. The summed E-state index contributed by atoms with van der Waals surface area (Å²) in [5.74, 6) is -0.692. The van der Waals surface area contributed by atoms with Crippen LogP contribution in [-0.4, -0.2) is 37.4 Å². The van der Waals surface area contributed by atoms with Gasteiger partial charge in [0.15, 0.2) is 0 Å². The Kier molecular flexibility index (Phi) is 6.25. The highest BCUT2D eigenvalue weighted by Gasteiger charge is 2.16. The van der Waals surface area contributed by atoms with Crippen LogP contribution in [0.5, 0.6) is 0 Å². The van der Waals surface area contributed by atoms with Gasteiger partial charge in [-0.15, -0.1) is 0 Å². The van der Waals surface area contributed by atoms with Crippen LogP contribution in [0.4, 0.5) is 10.1 Å². The minimum atomic E-state index is -0.302. The Morgan fingerprint density at radius 1 is 1.12 bits per heavy atom. The van der Waals surface area contributed by atoms with Crippen molar-refractivity contribution in [1.29, 1.82) is 0 Å². The number of nitrogens with zero attached hydrogens (tertiary/aromatic N) is 1. The highest BCUT2D eigenvalue weighted by molar-refractivity contribution is 5.95. The molecule has 2 N–H and O–H groups in total. The molecular weight excluding hydrogens is 321 g/mol. The normalized spacial score (nSPS) is 11.9. The van der Waals surface area contributed by atoms with Gasteiger partial charge in [-0.05, 0) is 56.1 Å². The highest BCUT2D eigenvalue weighted by Crippen LogP contribution is 2.18. The summed E-state index contributed by atoms with van der Waals surface area (Å²) < 4.78 is 13.4. The van der Waals surface area contributed by atoms with Crippen LogP contribution < -0.4 is 10.6 Å². The van der Waals surface area contributed by atoms with E-state index in [9.17, 15) is 14.0 Å². The molecular formula is C19H22FN3O2. The minimum Gasteiger partial charge on any atom is -0.350 e. The number of nitrogens with one attached hydrogen (secondary N) is 2. The number of hydrogen-bond donors (Lipinski definition) is 2. The Bertz CT molecular complexity index is 745. The van der Waals surface area contributed by atoms with Gasteiger partial charge in [-0.2, -0.15) is 0 Å². The highest BCUT2D eigenvalue weighted by atomic mass is 19.1. The van der Waals surface area contributed by atoms with E-state index in [1.807, 2.05) is 25.1 Å². The number of likely N-dealkylation sites (N-methyl/N-ethyl adjacent to an activating group) is 1. The summed E-state index contributed by atoms with van der Waals surface area (Å²) >= 11 is 0. The van der Waals surface area contributed by atoms with E-state index >= 15 is 0 Å². The lowest BCUT2D eigenvalue weighted by Gasteiger charge is -2.25. The predicted octanol–water partition coefficient (Wildman–Crippen LogP) is 2.82. The van der Waals surface area contributed by atoms with Gasteiger partial charge in [0.05, 0.1) is 6.04 Å². The Morgan fingerprint density at radius 3 is 2.36 bits per heavy atom. The van der Waals surface area contributed by atoms with Crippen molar-refractivity contribution in [3.05, 3.63) is 65.5 Å². The summed E-state index contributed by atoms with van der Waals surface area (Å²) in [6.45, 7) is 1.77. The summed E-state index contributed by atoms with van der Waals surface area (Å²) in [5.41, 5.74) is 1.92. The molecule has 0 aliphatic heterocycles. The molecule has 2 amide bonds. The van der Waals surface area contributed by atoms with Crippen molar-refractivity contribution in [1.82, 2.24) is 10.2 Å². The Balaban J connectivity index is 2.02. The van der Waals surface area contributed by atoms with Crippen molar-refractivity contribution in [2.75, 3.05) is 26.0 Å². The number of amides is 2. The maximum absolute atomic E-state index is 13.4. The smallest absolute Gasteiger partial charge is 0.251 e. The Hall–Kier alpha value is -2.73. The van der Waals surface area contributed by atoms with Gasteiger partial charge in [-0.1, -0.05) is 12.1 Å². The largest absolute Gasteiger partial charge is 0.350 e. The molecule has 0 aliphatic carbocycles. The third-order valence-corrected chi connectivity index (χ3v) is 3.78. The van der Waals surface area contributed by atoms with Gasteiger partial charge in [0, 0.05) is 24.7 Å². The Morgan fingerprint density at radius 2 is 1.80 bits per heavy atom. The van der Waals surface area contributed by atoms with E-state index in [1.54, 1.807) is 30.3 Å². The van der Waals surface area contributed by atoms with Crippen LogP contribution in [0, 0.1) is 5.82 Å². The zero-order valence-electron chi connectivity index (χ0n) is 14.5. The number of anilines is 1. The molecule has 6 heteroatoms. The van der Waals surface area contributed by atoms with Crippen LogP contribution in [0.1, 0.15) is 28.9 Å². The first-order valence-electron chi connectivity index (χ1n) is 7.94. The molecule has 25 heavy (non-hydrogen) atoms. The molecule has 0 saturated carbocycles. The van der Waals surface area contributed by atoms with Crippen LogP contribution in [-0.2, 0) is 4.79 Å². The van der Waals surface area contributed by atoms with Crippen molar-refractivity contribution in [2.45, 2.75) is 13.0 Å². The molecule has 5 nitrogen and oxygen atoms in total. The number of carbonyl (C=O) groups is 2. The molecule has 0 fully saturated rings. The molecule has 0 radical (unpaired) electrons. The molecule has 1 atom stereocenters. The standard InChI is InChI=1S/C19H22FN3O2/c1-13(24)22-17-9-7-14(8-10-17)19(25)21-12-18(23(2)3)15-5-4-6-16(20)11-15/h4-11,18H,12H2,1-3H3,(H,21,25)(H,22,24)/t18-/m0/s1. The van der Waals surface area contributed by atoms with E-state index in [2.05, 4.69) is 10.6 Å². The van der Waals surface area contributed by atoms with Crippen molar-refractivity contribution in [3.63, 3.8) is 0 Å². The molecule has 0 spiro atoms. The predicted molar refractivity (Wildman–Crippen MR) is 95.9 cm³/mol. The first-order chi connectivity index (χ1) is 11.9. The second-order valence-electron chi connectivity index (χ2n) is 6.00. The minimum absolute atomic E-state index is 0.140. The summed E-state index contributed by atoms with van der Waals surface area (Å²) in [4.78, 5) is 25.2. The van der Waals surface area contributed by atoms with Gasteiger partial charge in [0.1, 0.15) is 5.82 Å². The average Bonchev–Trinajstić information content (AvgIpc) is 2.54. The van der Waals surface area contributed by atoms with Crippen molar-refractivity contribution in [3.8, 4) is 0 Å². The van der Waals surface area contributed by atoms with Gasteiger partial charge in [0.2, 0.25) is 5.91 Å². The van der Waals surface area contributed by atoms with Crippen molar-refractivity contribution < 1.29 is 14.0 Å². The quantitative estimate of drug-likeness (QED) is 0.848. The van der Waals surface area contributed by atoms with Crippen LogP contribution in [0.15, 0.2) is 48.5 Å². The van der Waals surface area contributed by atoms with E-state index in [4.69, 9.17) is 0 Å². The molecule has 132 valence electrons. The Labute approximate surface area is 146 Å². The van der Waals surface area contributed by atoms with E-state index in [-0.39, 0.29) is 23.7 Å². The van der Waals surface area contributed by atoms with Crippen molar-refractivity contribution in [2.24, 2.45) is 0 Å². The van der Waals surface area contributed by atoms with Crippen LogP contribution in [0.3, 0.4) is 0 Å². The summed E-state index contributed by atoms with van der Waals surface area (Å²) in [6.07, 6.45) is 0. The second-order valence-corrected chi connectivity index (χ2v) is 6.00. The number of benzene rings is 2. The van der Waals surface area contributed by atoms with Gasteiger partial charge in [-0.25, -0.2) is 4.39 Å². The fourth-order valence-corrected chi connectivity index (χ4v) is 2.51. The van der Waals surface area contributed by atoms with E-state index in [0.29, 0.717) is 17.8 Å². The van der Waals surface area contributed by atoms with E-state index < -0.39 is 0 Å². The maximum Gasteiger partial charge on any atom is 0.251 e. The van der Waals surface area contributed by atoms with Gasteiger partial charge in [0.25, 0.3) is 5.91 Å². The molecule has 2 aromatic carbocycles. The number of rotatable bonds is 6. The molecule has 0 heterocycles. The van der Waals surface area contributed by atoms with Gasteiger partial charge in [-0.3, -0.25) is 9.59 Å². The lowest BCUT2D eigenvalue weighted by molar-refractivity contribution is -0.114. The summed E-state index contributed by atoms with van der Waals surface area (Å²) in [5, 5.41) is 5.52. The molecule has 2 aromatic rings. The number of hydrogen-bond acceptors (Lipinski definition) is 3. The molecule has 0 unspecified atom stereocenters. The topological polar surface area (TPSA) is 61.4 Å². The zero-order chi connectivity index (χ0) is 18.4. The lowest BCUT2D eigenvalue weighted by Crippen LogP contribution is -2.34. The lowest BCUT2D eigenvalue weighted by atomic mass is 10.1. The average molecular weight is 343 g/mol. The van der Waals surface area contributed by atoms with Gasteiger partial charge >= 0.3 is 0 Å². The van der Waals surface area contributed by atoms with E-state index in [0.717, 1.165) is 5.56 Å². The fourth-order valence-electron chi connectivity index (χ4n) is 2.51. The molecule has 0 aliphatic rings. The second kappa shape index (κ2) is 8.39. The third kappa shape index (κ3) is 5.39.